The Balaban J connectivity index is 1.59. The van der Waals surface area contributed by atoms with Crippen LogP contribution in [0, 0.1) is 6.92 Å². The minimum Gasteiger partial charge on any atom is -0.454 e. The second-order valence-electron chi connectivity index (χ2n) is 5.68. The summed E-state index contributed by atoms with van der Waals surface area (Å²) in [5.41, 5.74) is 0.968. The van der Waals surface area contributed by atoms with E-state index in [0.717, 1.165) is 0 Å². The number of benzene rings is 2. The lowest BCUT2D eigenvalue weighted by atomic mass is 10.2. The van der Waals surface area contributed by atoms with Gasteiger partial charge in [0.2, 0.25) is 12.7 Å². The molecule has 126 valence electrons. The molecule has 1 amide bonds. The van der Waals surface area contributed by atoms with Crippen molar-refractivity contribution in [2.45, 2.75) is 13.5 Å². The van der Waals surface area contributed by atoms with Crippen LogP contribution in [0.1, 0.15) is 5.82 Å². The van der Waals surface area contributed by atoms with E-state index in [1.54, 1.807) is 43.3 Å². The Labute approximate surface area is 142 Å². The summed E-state index contributed by atoms with van der Waals surface area (Å²) >= 11 is 0. The van der Waals surface area contributed by atoms with Gasteiger partial charge in [-0.2, -0.15) is 0 Å². The number of ether oxygens (including phenoxy) is 2. The average molecular weight is 337 g/mol. The molecule has 2 aromatic carbocycles. The first-order valence-corrected chi connectivity index (χ1v) is 7.77. The SMILES string of the molecule is Cc1nc2ccccc2c(=O)n1CC(=O)Nc1ccc2c(c1)OCO2. The van der Waals surface area contributed by atoms with Crippen LogP contribution in [0.4, 0.5) is 5.69 Å². The summed E-state index contributed by atoms with van der Waals surface area (Å²) in [4.78, 5) is 29.3. The Bertz CT molecular complexity index is 1040. The number of aromatic nitrogens is 2. The summed E-state index contributed by atoms with van der Waals surface area (Å²) < 4.78 is 11.9. The molecule has 1 aliphatic heterocycles. The number of aryl methyl sites for hydroxylation is 1. The van der Waals surface area contributed by atoms with Crippen LogP contribution in [-0.4, -0.2) is 22.3 Å². The van der Waals surface area contributed by atoms with Gasteiger partial charge in [0.25, 0.3) is 5.56 Å². The Morgan fingerprint density at radius 1 is 1.20 bits per heavy atom. The third-order valence-electron chi connectivity index (χ3n) is 4.01. The topological polar surface area (TPSA) is 82.5 Å². The van der Waals surface area contributed by atoms with Crippen molar-refractivity contribution in [2.24, 2.45) is 0 Å². The van der Waals surface area contributed by atoms with E-state index in [2.05, 4.69) is 10.3 Å². The molecule has 1 aliphatic rings. The minimum atomic E-state index is -0.318. The fourth-order valence-corrected chi connectivity index (χ4v) is 2.78. The molecule has 0 bridgehead atoms. The van der Waals surface area contributed by atoms with Gasteiger partial charge in [-0.15, -0.1) is 0 Å². The quantitative estimate of drug-likeness (QED) is 0.791. The normalized spacial score (nSPS) is 12.4. The Morgan fingerprint density at radius 2 is 2.00 bits per heavy atom. The van der Waals surface area contributed by atoms with Crippen molar-refractivity contribution in [1.82, 2.24) is 9.55 Å². The highest BCUT2D eigenvalue weighted by molar-refractivity contribution is 5.91. The maximum atomic E-state index is 12.6. The maximum absolute atomic E-state index is 12.6. The summed E-state index contributed by atoms with van der Waals surface area (Å²) in [7, 11) is 0. The Morgan fingerprint density at radius 3 is 2.88 bits per heavy atom. The molecule has 0 spiro atoms. The van der Waals surface area contributed by atoms with Crippen molar-refractivity contribution >= 4 is 22.5 Å². The van der Waals surface area contributed by atoms with Crippen LogP contribution in [0.3, 0.4) is 0 Å². The molecule has 3 aromatic rings. The monoisotopic (exact) mass is 337 g/mol. The molecule has 7 heteroatoms. The number of carbonyl (C=O) groups excluding carboxylic acids is 1. The van der Waals surface area contributed by atoms with Gasteiger partial charge in [-0.05, 0) is 31.2 Å². The van der Waals surface area contributed by atoms with Crippen molar-refractivity contribution in [1.29, 1.82) is 0 Å². The first-order chi connectivity index (χ1) is 12.1. The third kappa shape index (κ3) is 2.80. The molecule has 7 nitrogen and oxygen atoms in total. The highest BCUT2D eigenvalue weighted by Crippen LogP contribution is 2.34. The van der Waals surface area contributed by atoms with E-state index in [1.807, 2.05) is 6.07 Å². The standard InChI is InChI=1S/C18H15N3O4/c1-11-19-14-5-3-2-4-13(14)18(23)21(11)9-17(22)20-12-6-7-15-16(8-12)25-10-24-15/h2-8H,9-10H2,1H3,(H,20,22). The van der Waals surface area contributed by atoms with E-state index >= 15 is 0 Å². The Kier molecular flexibility index (Phi) is 3.61. The summed E-state index contributed by atoms with van der Waals surface area (Å²) in [5, 5.41) is 3.25. The Hall–Kier alpha value is -3.35. The molecular formula is C18H15N3O4. The van der Waals surface area contributed by atoms with Gasteiger partial charge >= 0.3 is 0 Å². The van der Waals surface area contributed by atoms with Gasteiger partial charge in [-0.3, -0.25) is 14.2 Å². The van der Waals surface area contributed by atoms with Gasteiger partial charge in [0.05, 0.1) is 10.9 Å². The summed E-state index contributed by atoms with van der Waals surface area (Å²) in [6.07, 6.45) is 0. The van der Waals surface area contributed by atoms with E-state index in [-0.39, 0.29) is 24.8 Å². The molecule has 0 radical (unpaired) electrons. The van der Waals surface area contributed by atoms with E-state index in [9.17, 15) is 9.59 Å². The molecule has 0 unspecified atom stereocenters. The fraction of sp³-hybridized carbons (Fsp3) is 0.167. The molecular weight excluding hydrogens is 322 g/mol. The van der Waals surface area contributed by atoms with Crippen molar-refractivity contribution in [2.75, 3.05) is 12.1 Å². The van der Waals surface area contributed by atoms with E-state index < -0.39 is 0 Å². The van der Waals surface area contributed by atoms with E-state index in [0.29, 0.717) is 33.9 Å². The number of para-hydroxylation sites is 1. The number of amides is 1. The molecule has 25 heavy (non-hydrogen) atoms. The van der Waals surface area contributed by atoms with Gasteiger partial charge in [0.15, 0.2) is 11.5 Å². The van der Waals surface area contributed by atoms with E-state index in [1.165, 1.54) is 4.57 Å². The zero-order chi connectivity index (χ0) is 17.4. The number of rotatable bonds is 3. The van der Waals surface area contributed by atoms with Crippen molar-refractivity contribution in [3.8, 4) is 11.5 Å². The predicted octanol–water partition coefficient (Wildman–Crippen LogP) is 2.07. The van der Waals surface area contributed by atoms with Crippen LogP contribution < -0.4 is 20.3 Å². The number of carbonyl (C=O) groups is 1. The first kappa shape index (κ1) is 15.2. The number of hydrogen-bond acceptors (Lipinski definition) is 5. The molecule has 0 aliphatic carbocycles. The zero-order valence-electron chi connectivity index (χ0n) is 13.5. The van der Waals surface area contributed by atoms with Gasteiger partial charge in [-0.25, -0.2) is 4.98 Å². The first-order valence-electron chi connectivity index (χ1n) is 7.77. The highest BCUT2D eigenvalue weighted by atomic mass is 16.7. The summed E-state index contributed by atoms with van der Waals surface area (Å²) in [6.45, 7) is 1.77. The second-order valence-corrected chi connectivity index (χ2v) is 5.68. The lowest BCUT2D eigenvalue weighted by Crippen LogP contribution is -2.30. The van der Waals surface area contributed by atoms with Crippen LogP contribution in [-0.2, 0) is 11.3 Å². The molecule has 0 atom stereocenters. The number of nitrogens with zero attached hydrogens (tertiary/aromatic N) is 2. The van der Waals surface area contributed by atoms with E-state index in [4.69, 9.17) is 9.47 Å². The minimum absolute atomic E-state index is 0.114. The third-order valence-corrected chi connectivity index (χ3v) is 4.01. The number of hydrogen-bond donors (Lipinski definition) is 1. The molecule has 0 saturated carbocycles. The van der Waals surface area contributed by atoms with Gasteiger partial charge in [0.1, 0.15) is 12.4 Å². The van der Waals surface area contributed by atoms with Crippen LogP contribution in [0.15, 0.2) is 47.3 Å². The molecule has 0 fully saturated rings. The maximum Gasteiger partial charge on any atom is 0.261 e. The van der Waals surface area contributed by atoms with Gasteiger partial charge in [-0.1, -0.05) is 12.1 Å². The zero-order valence-corrected chi connectivity index (χ0v) is 13.5. The number of anilines is 1. The number of fused-ring (bicyclic) bond motifs is 2. The molecule has 2 heterocycles. The van der Waals surface area contributed by atoms with Gasteiger partial charge in [0, 0.05) is 11.8 Å². The summed E-state index contributed by atoms with van der Waals surface area (Å²) in [6, 6.07) is 12.2. The van der Waals surface area contributed by atoms with Crippen LogP contribution in [0.5, 0.6) is 11.5 Å². The fourth-order valence-electron chi connectivity index (χ4n) is 2.78. The van der Waals surface area contributed by atoms with Crippen molar-refractivity contribution < 1.29 is 14.3 Å². The van der Waals surface area contributed by atoms with Crippen molar-refractivity contribution in [3.63, 3.8) is 0 Å². The molecule has 4 rings (SSSR count). The van der Waals surface area contributed by atoms with Crippen LogP contribution >= 0.6 is 0 Å². The van der Waals surface area contributed by atoms with Crippen LogP contribution in [0.25, 0.3) is 10.9 Å². The molecule has 1 N–H and O–H groups in total. The lowest BCUT2D eigenvalue weighted by molar-refractivity contribution is -0.116. The molecule has 1 aromatic heterocycles. The van der Waals surface area contributed by atoms with Crippen LogP contribution in [0.2, 0.25) is 0 Å². The predicted molar refractivity (Wildman–Crippen MR) is 91.9 cm³/mol. The van der Waals surface area contributed by atoms with Gasteiger partial charge < -0.3 is 14.8 Å². The summed E-state index contributed by atoms with van der Waals surface area (Å²) in [5.74, 6) is 1.40. The largest absolute Gasteiger partial charge is 0.454 e. The highest BCUT2D eigenvalue weighted by Gasteiger charge is 2.15. The molecule has 0 saturated heterocycles. The smallest absolute Gasteiger partial charge is 0.261 e. The lowest BCUT2D eigenvalue weighted by Gasteiger charge is -2.11. The average Bonchev–Trinajstić information content (AvgIpc) is 3.06. The van der Waals surface area contributed by atoms with Crippen molar-refractivity contribution in [3.05, 3.63) is 58.6 Å². The second kappa shape index (κ2) is 5.94. The number of nitrogens with one attached hydrogen (secondary N) is 1.